The Balaban J connectivity index is 2.27. The van der Waals surface area contributed by atoms with Gasteiger partial charge in [0.15, 0.2) is 5.96 Å². The Morgan fingerprint density at radius 1 is 1.35 bits per heavy atom. The highest BCUT2D eigenvalue weighted by molar-refractivity contribution is 5.95. The number of hydrogen-bond acceptors (Lipinski definition) is 3. The highest BCUT2D eigenvalue weighted by Gasteiger charge is 2.17. The van der Waals surface area contributed by atoms with Crippen molar-refractivity contribution in [3.8, 4) is 0 Å². The molecule has 0 saturated carbocycles. The molecule has 0 radical (unpaired) electrons. The zero-order chi connectivity index (χ0) is 12.9. The van der Waals surface area contributed by atoms with Crippen LogP contribution in [0.5, 0.6) is 0 Å². The summed E-state index contributed by atoms with van der Waals surface area (Å²) in [6.07, 6.45) is 1.30. The maximum Gasteiger partial charge on any atom is 0.226 e. The first-order valence-corrected chi connectivity index (χ1v) is 6.09. The minimum Gasteiger partial charge on any atom is -0.378 e. The fourth-order valence-electron chi connectivity index (χ4n) is 1.55. The lowest BCUT2D eigenvalue weighted by atomic mass is 9.90. The molecular weight excluding hydrogens is 218 g/mol. The van der Waals surface area contributed by atoms with Crippen LogP contribution >= 0.6 is 0 Å². The standard InChI is InChI=1S/C12H23N3O2/c1-12(2,3)5-4-10(16)14-11(13)15-6-8-17-9-7-15/h4-9H2,1-3H3,(H2,13,14,16). The third-order valence-corrected chi connectivity index (χ3v) is 2.69. The quantitative estimate of drug-likeness (QED) is 0.564. The third-order valence-electron chi connectivity index (χ3n) is 2.69. The topological polar surface area (TPSA) is 65.4 Å². The van der Waals surface area contributed by atoms with Crippen molar-refractivity contribution in [2.75, 3.05) is 26.3 Å². The molecule has 1 fully saturated rings. The summed E-state index contributed by atoms with van der Waals surface area (Å²) in [6.45, 7) is 8.92. The molecule has 5 heteroatoms. The van der Waals surface area contributed by atoms with Crippen LogP contribution in [0, 0.1) is 10.8 Å². The Hall–Kier alpha value is -1.10. The Labute approximate surface area is 103 Å². The number of carbonyl (C=O) groups is 1. The van der Waals surface area contributed by atoms with Crippen molar-refractivity contribution in [2.45, 2.75) is 33.6 Å². The summed E-state index contributed by atoms with van der Waals surface area (Å²) >= 11 is 0. The van der Waals surface area contributed by atoms with Crippen molar-refractivity contribution in [2.24, 2.45) is 5.41 Å². The van der Waals surface area contributed by atoms with Crippen molar-refractivity contribution in [1.29, 1.82) is 5.41 Å². The predicted octanol–water partition coefficient (Wildman–Crippen LogP) is 1.20. The van der Waals surface area contributed by atoms with Crippen LogP contribution in [-0.4, -0.2) is 43.1 Å². The van der Waals surface area contributed by atoms with Gasteiger partial charge in [-0.2, -0.15) is 0 Å². The Bertz CT molecular complexity index is 278. The van der Waals surface area contributed by atoms with Crippen LogP contribution in [0.25, 0.3) is 0 Å². The van der Waals surface area contributed by atoms with E-state index in [1.807, 2.05) is 4.90 Å². The fraction of sp³-hybridized carbons (Fsp3) is 0.833. The van der Waals surface area contributed by atoms with Gasteiger partial charge in [0.25, 0.3) is 0 Å². The molecule has 0 unspecified atom stereocenters. The summed E-state index contributed by atoms with van der Waals surface area (Å²) in [6, 6.07) is 0. The summed E-state index contributed by atoms with van der Waals surface area (Å²) in [7, 11) is 0. The van der Waals surface area contributed by atoms with Crippen LogP contribution < -0.4 is 5.32 Å². The van der Waals surface area contributed by atoms with Crippen molar-refractivity contribution in [3.05, 3.63) is 0 Å². The third kappa shape index (κ3) is 5.68. The number of guanidine groups is 1. The van der Waals surface area contributed by atoms with Gasteiger partial charge in [0.2, 0.25) is 5.91 Å². The zero-order valence-corrected chi connectivity index (χ0v) is 11.0. The first-order valence-electron chi connectivity index (χ1n) is 6.09. The molecule has 1 saturated heterocycles. The van der Waals surface area contributed by atoms with E-state index >= 15 is 0 Å². The lowest BCUT2D eigenvalue weighted by Gasteiger charge is -2.29. The first kappa shape index (κ1) is 14.0. The van der Waals surface area contributed by atoms with Gasteiger partial charge in [-0.05, 0) is 11.8 Å². The molecule has 0 bridgehead atoms. The first-order chi connectivity index (χ1) is 7.88. The van der Waals surface area contributed by atoms with Gasteiger partial charge in [0.1, 0.15) is 0 Å². The number of ether oxygens (including phenoxy) is 1. The van der Waals surface area contributed by atoms with Crippen LogP contribution in [0.2, 0.25) is 0 Å². The van der Waals surface area contributed by atoms with Gasteiger partial charge < -0.3 is 9.64 Å². The molecule has 2 N–H and O–H groups in total. The number of hydrogen-bond donors (Lipinski definition) is 2. The van der Waals surface area contributed by atoms with Crippen LogP contribution in [0.15, 0.2) is 0 Å². The van der Waals surface area contributed by atoms with Crippen LogP contribution in [0.4, 0.5) is 0 Å². The lowest BCUT2D eigenvalue weighted by molar-refractivity contribution is -0.120. The smallest absolute Gasteiger partial charge is 0.226 e. The minimum atomic E-state index is -0.0728. The monoisotopic (exact) mass is 241 g/mol. The van der Waals surface area contributed by atoms with E-state index in [9.17, 15) is 4.79 Å². The van der Waals surface area contributed by atoms with Crippen LogP contribution in [0.3, 0.4) is 0 Å². The number of amides is 1. The maximum atomic E-state index is 11.6. The maximum absolute atomic E-state index is 11.6. The molecule has 1 rings (SSSR count). The van der Waals surface area contributed by atoms with Gasteiger partial charge in [-0.1, -0.05) is 20.8 Å². The lowest BCUT2D eigenvalue weighted by Crippen LogP contribution is -2.48. The number of nitrogens with zero attached hydrogens (tertiary/aromatic N) is 1. The van der Waals surface area contributed by atoms with E-state index in [0.29, 0.717) is 32.7 Å². The van der Waals surface area contributed by atoms with Crippen molar-refractivity contribution >= 4 is 11.9 Å². The number of morpholine rings is 1. The minimum absolute atomic E-state index is 0.0728. The second kappa shape index (κ2) is 6.00. The van der Waals surface area contributed by atoms with Gasteiger partial charge in [0.05, 0.1) is 13.2 Å². The van der Waals surface area contributed by atoms with Gasteiger partial charge >= 0.3 is 0 Å². The Morgan fingerprint density at radius 3 is 2.47 bits per heavy atom. The normalized spacial score (nSPS) is 16.8. The van der Waals surface area contributed by atoms with Gasteiger partial charge in [0, 0.05) is 19.5 Å². The molecule has 0 aromatic heterocycles. The van der Waals surface area contributed by atoms with Crippen molar-refractivity contribution in [1.82, 2.24) is 10.2 Å². The average molecular weight is 241 g/mol. The zero-order valence-electron chi connectivity index (χ0n) is 11.0. The van der Waals surface area contributed by atoms with Crippen LogP contribution in [-0.2, 0) is 9.53 Å². The van der Waals surface area contributed by atoms with Crippen LogP contribution in [0.1, 0.15) is 33.6 Å². The molecule has 5 nitrogen and oxygen atoms in total. The van der Waals surface area contributed by atoms with E-state index in [-0.39, 0.29) is 17.3 Å². The second-order valence-electron chi connectivity index (χ2n) is 5.56. The van der Waals surface area contributed by atoms with E-state index in [1.165, 1.54) is 0 Å². The van der Waals surface area contributed by atoms with E-state index in [2.05, 4.69) is 26.1 Å². The van der Waals surface area contributed by atoms with Crippen molar-refractivity contribution in [3.63, 3.8) is 0 Å². The molecule has 1 aliphatic heterocycles. The summed E-state index contributed by atoms with van der Waals surface area (Å²) in [5.74, 6) is 0.128. The molecule has 1 amide bonds. The molecular formula is C12H23N3O2. The van der Waals surface area contributed by atoms with Gasteiger partial charge in [-0.3, -0.25) is 15.5 Å². The summed E-state index contributed by atoms with van der Waals surface area (Å²) in [5.41, 5.74) is 0.151. The molecule has 0 spiro atoms. The van der Waals surface area contributed by atoms with E-state index in [0.717, 1.165) is 6.42 Å². The highest BCUT2D eigenvalue weighted by atomic mass is 16.5. The molecule has 1 aliphatic rings. The number of carbonyl (C=O) groups excluding carboxylic acids is 1. The molecule has 0 aromatic rings. The highest BCUT2D eigenvalue weighted by Crippen LogP contribution is 2.20. The molecule has 17 heavy (non-hydrogen) atoms. The van der Waals surface area contributed by atoms with Gasteiger partial charge in [-0.15, -0.1) is 0 Å². The van der Waals surface area contributed by atoms with Crippen molar-refractivity contribution < 1.29 is 9.53 Å². The average Bonchev–Trinajstić information content (AvgIpc) is 2.27. The summed E-state index contributed by atoms with van der Waals surface area (Å²) in [4.78, 5) is 13.5. The molecule has 0 atom stereocenters. The molecule has 98 valence electrons. The number of nitrogens with one attached hydrogen (secondary N) is 2. The molecule has 1 heterocycles. The number of rotatable bonds is 2. The summed E-state index contributed by atoms with van der Waals surface area (Å²) in [5, 5.41) is 10.4. The Morgan fingerprint density at radius 2 is 1.94 bits per heavy atom. The van der Waals surface area contributed by atoms with E-state index in [4.69, 9.17) is 10.1 Å². The second-order valence-corrected chi connectivity index (χ2v) is 5.56. The van der Waals surface area contributed by atoms with E-state index in [1.54, 1.807) is 0 Å². The summed E-state index contributed by atoms with van der Waals surface area (Å²) < 4.78 is 5.20. The predicted molar refractivity (Wildman–Crippen MR) is 67.0 cm³/mol. The van der Waals surface area contributed by atoms with E-state index < -0.39 is 0 Å². The SMILES string of the molecule is CC(C)(C)CCC(=O)NC(=N)N1CCOCC1. The largest absolute Gasteiger partial charge is 0.378 e. The molecule has 0 aliphatic carbocycles. The Kier molecular flexibility index (Phi) is 4.93. The van der Waals surface area contributed by atoms with Gasteiger partial charge in [-0.25, -0.2) is 0 Å². The fourth-order valence-corrected chi connectivity index (χ4v) is 1.55. The molecule has 0 aromatic carbocycles.